The molecule has 1 amide bonds. The van der Waals surface area contributed by atoms with Crippen molar-refractivity contribution in [3.63, 3.8) is 0 Å². The van der Waals surface area contributed by atoms with Crippen LogP contribution >= 0.6 is 12.4 Å². The van der Waals surface area contributed by atoms with E-state index in [2.05, 4.69) is 6.58 Å². The SMILES string of the molecule is C=CCOC(=O)C1=C(C(=O)CC)CN2C[C@@H](N)C(=O)N12.Cl. The standard InChI is InChI=1S/C13H17N3O4.ClH/c1-3-5-20-13(19)11-8(10(17)4-2)6-15-7-9(14)12(18)16(11)15;/h3,9H,1,4-7,14H2,2H3;1H/t9-;/m1./s1. The highest BCUT2D eigenvalue weighted by atomic mass is 35.5. The third-order valence-corrected chi connectivity index (χ3v) is 3.24. The van der Waals surface area contributed by atoms with Crippen molar-refractivity contribution in [2.75, 3.05) is 19.7 Å². The third-order valence-electron chi connectivity index (χ3n) is 3.24. The van der Waals surface area contributed by atoms with Gasteiger partial charge in [-0.05, 0) is 0 Å². The Morgan fingerprint density at radius 2 is 2.19 bits per heavy atom. The van der Waals surface area contributed by atoms with Crippen LogP contribution in [0.5, 0.6) is 0 Å². The molecular formula is C13H18ClN3O4. The topological polar surface area (TPSA) is 92.9 Å². The van der Waals surface area contributed by atoms with Crippen molar-refractivity contribution in [3.05, 3.63) is 23.9 Å². The number of hydrogen-bond acceptors (Lipinski definition) is 6. The molecular weight excluding hydrogens is 298 g/mol. The van der Waals surface area contributed by atoms with Crippen LogP contribution in [-0.4, -0.2) is 53.4 Å². The highest BCUT2D eigenvalue weighted by Crippen LogP contribution is 2.30. The smallest absolute Gasteiger partial charge is 0.357 e. The van der Waals surface area contributed by atoms with Gasteiger partial charge in [-0.1, -0.05) is 19.6 Å². The zero-order valence-electron chi connectivity index (χ0n) is 11.7. The lowest BCUT2D eigenvalue weighted by Gasteiger charge is -2.20. The monoisotopic (exact) mass is 315 g/mol. The second-order valence-corrected chi connectivity index (χ2v) is 4.59. The Labute approximate surface area is 128 Å². The summed E-state index contributed by atoms with van der Waals surface area (Å²) in [5, 5.41) is 2.78. The van der Waals surface area contributed by atoms with E-state index in [1.165, 1.54) is 11.1 Å². The van der Waals surface area contributed by atoms with Crippen molar-refractivity contribution in [2.45, 2.75) is 19.4 Å². The van der Waals surface area contributed by atoms with Gasteiger partial charge in [0.15, 0.2) is 11.5 Å². The van der Waals surface area contributed by atoms with Crippen LogP contribution in [0.25, 0.3) is 0 Å². The second-order valence-electron chi connectivity index (χ2n) is 4.59. The van der Waals surface area contributed by atoms with Crippen molar-refractivity contribution < 1.29 is 19.1 Å². The van der Waals surface area contributed by atoms with Gasteiger partial charge >= 0.3 is 5.97 Å². The number of nitrogens with zero attached hydrogens (tertiary/aromatic N) is 2. The summed E-state index contributed by atoms with van der Waals surface area (Å²) in [4.78, 5) is 36.0. The van der Waals surface area contributed by atoms with Gasteiger partial charge in [-0.15, -0.1) is 12.4 Å². The van der Waals surface area contributed by atoms with Crippen molar-refractivity contribution in [1.29, 1.82) is 0 Å². The van der Waals surface area contributed by atoms with E-state index in [0.29, 0.717) is 5.57 Å². The second kappa shape index (κ2) is 6.84. The summed E-state index contributed by atoms with van der Waals surface area (Å²) in [6.45, 7) is 5.67. The van der Waals surface area contributed by atoms with E-state index in [9.17, 15) is 14.4 Å². The van der Waals surface area contributed by atoms with Crippen LogP contribution in [0.4, 0.5) is 0 Å². The minimum Gasteiger partial charge on any atom is -0.457 e. The minimum absolute atomic E-state index is 0. The molecule has 1 atom stereocenters. The molecule has 0 bridgehead atoms. The highest BCUT2D eigenvalue weighted by molar-refractivity contribution is 6.07. The quantitative estimate of drug-likeness (QED) is 0.556. The molecule has 1 fully saturated rings. The lowest BCUT2D eigenvalue weighted by molar-refractivity contribution is -0.146. The lowest BCUT2D eigenvalue weighted by Crippen LogP contribution is -2.38. The van der Waals surface area contributed by atoms with Crippen molar-refractivity contribution in [2.24, 2.45) is 5.73 Å². The predicted octanol–water partition coefficient (Wildman–Crippen LogP) is -0.229. The largest absolute Gasteiger partial charge is 0.457 e. The number of hydrazine groups is 1. The summed E-state index contributed by atoms with van der Waals surface area (Å²) in [5.41, 5.74) is 5.98. The molecule has 116 valence electrons. The molecule has 2 rings (SSSR count). The van der Waals surface area contributed by atoms with Crippen LogP contribution in [0.3, 0.4) is 0 Å². The normalized spacial score (nSPS) is 21.1. The summed E-state index contributed by atoms with van der Waals surface area (Å²) in [7, 11) is 0. The van der Waals surface area contributed by atoms with Gasteiger partial charge in [-0.2, -0.15) is 0 Å². The first-order valence-corrected chi connectivity index (χ1v) is 6.40. The van der Waals surface area contributed by atoms with Crippen molar-refractivity contribution >= 4 is 30.1 Å². The molecule has 2 N–H and O–H groups in total. The molecule has 2 heterocycles. The van der Waals surface area contributed by atoms with E-state index in [-0.39, 0.29) is 50.0 Å². The van der Waals surface area contributed by atoms with E-state index in [0.717, 1.165) is 0 Å². The van der Waals surface area contributed by atoms with Crippen LogP contribution in [0.2, 0.25) is 0 Å². The molecule has 21 heavy (non-hydrogen) atoms. The molecule has 7 nitrogen and oxygen atoms in total. The van der Waals surface area contributed by atoms with Crippen molar-refractivity contribution in [3.8, 4) is 0 Å². The van der Waals surface area contributed by atoms with Gasteiger partial charge in [-0.25, -0.2) is 14.8 Å². The summed E-state index contributed by atoms with van der Waals surface area (Å²) >= 11 is 0. The minimum atomic E-state index is -0.702. The first-order chi connectivity index (χ1) is 9.51. The molecule has 2 aliphatic rings. The first-order valence-electron chi connectivity index (χ1n) is 6.40. The average Bonchev–Trinajstić information content (AvgIpc) is 2.93. The number of carbonyl (C=O) groups excluding carboxylic acids is 3. The Hall–Kier alpha value is -1.70. The Balaban J connectivity index is 0.00000220. The molecule has 0 saturated carbocycles. The van der Waals surface area contributed by atoms with E-state index >= 15 is 0 Å². The summed E-state index contributed by atoms with van der Waals surface area (Å²) < 4.78 is 4.96. The molecule has 8 heteroatoms. The van der Waals surface area contributed by atoms with Crippen molar-refractivity contribution in [1.82, 2.24) is 10.0 Å². The molecule has 0 spiro atoms. The Morgan fingerprint density at radius 1 is 1.52 bits per heavy atom. The number of carbonyl (C=O) groups is 3. The van der Waals surface area contributed by atoms with Gasteiger partial charge in [0.2, 0.25) is 0 Å². The number of esters is 1. The van der Waals surface area contributed by atoms with Crippen LogP contribution in [-0.2, 0) is 19.1 Å². The number of ether oxygens (including phenoxy) is 1. The number of amides is 1. The Kier molecular flexibility index (Phi) is 5.65. The fourth-order valence-electron chi connectivity index (χ4n) is 2.30. The van der Waals surface area contributed by atoms with Crippen LogP contribution in [0.15, 0.2) is 23.9 Å². The number of fused-ring (bicyclic) bond motifs is 1. The van der Waals surface area contributed by atoms with E-state index in [1.807, 2.05) is 0 Å². The molecule has 0 aromatic rings. The summed E-state index contributed by atoms with van der Waals surface area (Å²) in [6, 6.07) is -0.685. The zero-order valence-corrected chi connectivity index (χ0v) is 12.5. The van der Waals surface area contributed by atoms with Gasteiger partial charge in [0.05, 0.1) is 0 Å². The molecule has 0 aromatic heterocycles. The van der Waals surface area contributed by atoms with Crippen LogP contribution in [0.1, 0.15) is 13.3 Å². The number of Topliss-reactive ketones (excluding diaryl/α,β-unsaturated/α-hetero) is 1. The average molecular weight is 316 g/mol. The zero-order chi connectivity index (χ0) is 14.9. The van der Waals surface area contributed by atoms with Gasteiger partial charge in [0, 0.05) is 25.1 Å². The number of ketones is 1. The van der Waals surface area contributed by atoms with Gasteiger partial charge in [-0.3, -0.25) is 9.59 Å². The van der Waals surface area contributed by atoms with Crippen LogP contribution < -0.4 is 5.73 Å². The molecule has 2 aliphatic heterocycles. The van der Waals surface area contributed by atoms with E-state index < -0.39 is 17.9 Å². The van der Waals surface area contributed by atoms with Gasteiger partial charge in [0.1, 0.15) is 12.6 Å². The maximum Gasteiger partial charge on any atom is 0.357 e. The third kappa shape index (κ3) is 2.99. The maximum atomic E-state index is 12.1. The first kappa shape index (κ1) is 17.4. The number of rotatable bonds is 5. The molecule has 0 radical (unpaired) electrons. The molecule has 0 aromatic carbocycles. The van der Waals surface area contributed by atoms with Gasteiger partial charge < -0.3 is 10.5 Å². The number of halogens is 1. The summed E-state index contributed by atoms with van der Waals surface area (Å²) in [5.74, 6) is -1.27. The molecule has 0 aliphatic carbocycles. The maximum absolute atomic E-state index is 12.1. The Morgan fingerprint density at radius 3 is 2.76 bits per heavy atom. The Bertz CT molecular complexity index is 518. The highest BCUT2D eigenvalue weighted by Gasteiger charge is 2.47. The number of nitrogens with two attached hydrogens (primary N) is 1. The molecule has 0 unspecified atom stereocenters. The van der Waals surface area contributed by atoms with Crippen LogP contribution in [0, 0.1) is 0 Å². The fourth-order valence-corrected chi connectivity index (χ4v) is 2.30. The van der Waals surface area contributed by atoms with E-state index in [1.54, 1.807) is 11.9 Å². The summed E-state index contributed by atoms with van der Waals surface area (Å²) in [6.07, 6.45) is 1.68. The van der Waals surface area contributed by atoms with Gasteiger partial charge in [0.25, 0.3) is 5.91 Å². The van der Waals surface area contributed by atoms with E-state index in [4.69, 9.17) is 10.5 Å². The number of hydrogen-bond donors (Lipinski definition) is 1. The fraction of sp³-hybridized carbons (Fsp3) is 0.462. The molecule has 1 saturated heterocycles. The lowest BCUT2D eigenvalue weighted by atomic mass is 10.1. The predicted molar refractivity (Wildman–Crippen MR) is 77.1 cm³/mol.